The van der Waals surface area contributed by atoms with Crippen molar-refractivity contribution in [3.8, 4) is 0 Å². The first-order valence-electron chi connectivity index (χ1n) is 6.79. The molecule has 0 spiro atoms. The molecule has 0 bridgehead atoms. The Kier molecular flexibility index (Phi) is 7.05. The van der Waals surface area contributed by atoms with Crippen LogP contribution in [0.5, 0.6) is 0 Å². The van der Waals surface area contributed by atoms with Crippen molar-refractivity contribution in [1.29, 1.82) is 0 Å². The van der Waals surface area contributed by atoms with Gasteiger partial charge in [0.05, 0.1) is 6.54 Å². The number of amides is 4. The molecule has 1 rings (SSSR count). The smallest absolute Gasteiger partial charge is 0.326 e. The van der Waals surface area contributed by atoms with Crippen LogP contribution in [0.15, 0.2) is 30.3 Å². The Morgan fingerprint density at radius 1 is 1.13 bits per heavy atom. The maximum absolute atomic E-state index is 11.6. The second kappa shape index (κ2) is 9.03. The van der Waals surface area contributed by atoms with Gasteiger partial charge < -0.3 is 26.8 Å². The summed E-state index contributed by atoms with van der Waals surface area (Å²) in [5, 5.41) is 15.9. The number of rotatable bonds is 8. The molecule has 0 aromatic heterocycles. The fourth-order valence-corrected chi connectivity index (χ4v) is 1.65. The van der Waals surface area contributed by atoms with Gasteiger partial charge >= 0.3 is 12.0 Å². The molecular formula is C14H18N4O5. The minimum atomic E-state index is -1.28. The van der Waals surface area contributed by atoms with Crippen LogP contribution in [0.2, 0.25) is 0 Å². The molecule has 23 heavy (non-hydrogen) atoms. The maximum Gasteiger partial charge on any atom is 0.326 e. The van der Waals surface area contributed by atoms with Crippen LogP contribution < -0.4 is 21.7 Å². The molecule has 1 aromatic rings. The summed E-state index contributed by atoms with van der Waals surface area (Å²) in [7, 11) is 0. The van der Waals surface area contributed by atoms with E-state index in [-0.39, 0.29) is 12.8 Å². The van der Waals surface area contributed by atoms with Crippen molar-refractivity contribution in [1.82, 2.24) is 10.6 Å². The number of aliphatic carboxylic acids is 1. The fourth-order valence-electron chi connectivity index (χ4n) is 1.65. The third-order valence-electron chi connectivity index (χ3n) is 2.75. The Bertz CT molecular complexity index is 576. The summed E-state index contributed by atoms with van der Waals surface area (Å²) in [4.78, 5) is 44.8. The summed E-state index contributed by atoms with van der Waals surface area (Å²) in [5.41, 5.74) is 5.48. The molecular weight excluding hydrogens is 304 g/mol. The van der Waals surface area contributed by atoms with Crippen molar-refractivity contribution < 1.29 is 24.3 Å². The van der Waals surface area contributed by atoms with Gasteiger partial charge in [0.1, 0.15) is 6.04 Å². The monoisotopic (exact) mass is 322 g/mol. The van der Waals surface area contributed by atoms with E-state index in [0.29, 0.717) is 5.69 Å². The highest BCUT2D eigenvalue weighted by Gasteiger charge is 2.20. The number of nitrogens with two attached hydrogens (primary N) is 1. The number of carboxylic acid groups (broad SMARTS) is 1. The SMILES string of the molecule is NC(=O)CC[C@H](NC(=O)CNC(=O)Nc1ccccc1)C(=O)O. The lowest BCUT2D eigenvalue weighted by molar-refractivity contribution is -0.142. The van der Waals surface area contributed by atoms with Crippen LogP contribution in [0, 0.1) is 0 Å². The first-order valence-corrected chi connectivity index (χ1v) is 6.79. The van der Waals surface area contributed by atoms with E-state index in [4.69, 9.17) is 10.8 Å². The topological polar surface area (TPSA) is 151 Å². The van der Waals surface area contributed by atoms with Gasteiger partial charge in [-0.15, -0.1) is 0 Å². The molecule has 1 aromatic carbocycles. The largest absolute Gasteiger partial charge is 0.480 e. The van der Waals surface area contributed by atoms with Crippen LogP contribution in [0.1, 0.15) is 12.8 Å². The van der Waals surface area contributed by atoms with E-state index >= 15 is 0 Å². The minimum Gasteiger partial charge on any atom is -0.480 e. The molecule has 1 atom stereocenters. The van der Waals surface area contributed by atoms with Gasteiger partial charge in [0.2, 0.25) is 11.8 Å². The van der Waals surface area contributed by atoms with Gasteiger partial charge in [0.15, 0.2) is 0 Å². The highest BCUT2D eigenvalue weighted by atomic mass is 16.4. The van der Waals surface area contributed by atoms with E-state index in [1.54, 1.807) is 30.3 Å². The van der Waals surface area contributed by atoms with E-state index in [1.165, 1.54) is 0 Å². The molecule has 124 valence electrons. The van der Waals surface area contributed by atoms with Gasteiger partial charge in [-0.3, -0.25) is 9.59 Å². The molecule has 0 saturated heterocycles. The molecule has 6 N–H and O–H groups in total. The summed E-state index contributed by atoms with van der Waals surface area (Å²) in [6.07, 6.45) is -0.286. The zero-order chi connectivity index (χ0) is 17.2. The number of benzene rings is 1. The van der Waals surface area contributed by atoms with Gasteiger partial charge in [-0.1, -0.05) is 18.2 Å². The average Bonchev–Trinajstić information content (AvgIpc) is 2.50. The van der Waals surface area contributed by atoms with Gasteiger partial charge in [-0.05, 0) is 18.6 Å². The number of urea groups is 1. The summed E-state index contributed by atoms with van der Waals surface area (Å²) in [6.45, 7) is -0.404. The molecule has 4 amide bonds. The van der Waals surface area contributed by atoms with Gasteiger partial charge in [-0.2, -0.15) is 0 Å². The first kappa shape index (κ1) is 18.0. The van der Waals surface area contributed by atoms with E-state index in [9.17, 15) is 19.2 Å². The predicted octanol–water partition coefficient (Wildman–Crippen LogP) is -0.357. The normalized spacial score (nSPS) is 11.1. The molecule has 0 aliphatic carbocycles. The molecule has 9 heteroatoms. The van der Waals surface area contributed by atoms with Gasteiger partial charge in [0, 0.05) is 12.1 Å². The van der Waals surface area contributed by atoms with E-state index in [1.807, 2.05) is 0 Å². The van der Waals surface area contributed by atoms with Crippen LogP contribution in [-0.4, -0.2) is 41.5 Å². The Morgan fingerprint density at radius 3 is 2.35 bits per heavy atom. The van der Waals surface area contributed by atoms with Crippen LogP contribution in [0.25, 0.3) is 0 Å². The quantitative estimate of drug-likeness (QED) is 0.443. The second-order valence-corrected chi connectivity index (χ2v) is 4.64. The molecule has 0 aliphatic heterocycles. The van der Waals surface area contributed by atoms with E-state index in [0.717, 1.165) is 0 Å². The third kappa shape index (κ3) is 7.46. The van der Waals surface area contributed by atoms with Crippen molar-refractivity contribution in [3.05, 3.63) is 30.3 Å². The standard InChI is InChI=1S/C14H18N4O5/c15-11(19)7-6-10(13(21)22)18-12(20)8-16-14(23)17-9-4-2-1-3-5-9/h1-5,10H,6-8H2,(H2,15,19)(H,18,20)(H,21,22)(H2,16,17,23)/t10-/m0/s1. The Labute approximate surface area is 132 Å². The highest BCUT2D eigenvalue weighted by molar-refractivity contribution is 5.93. The number of carbonyl (C=O) groups is 4. The third-order valence-corrected chi connectivity index (χ3v) is 2.75. The lowest BCUT2D eigenvalue weighted by Gasteiger charge is -2.14. The lowest BCUT2D eigenvalue weighted by Crippen LogP contribution is -2.46. The molecule has 0 aliphatic rings. The fraction of sp³-hybridized carbons (Fsp3) is 0.286. The zero-order valence-electron chi connectivity index (χ0n) is 12.2. The molecule has 0 heterocycles. The van der Waals surface area contributed by atoms with Gasteiger partial charge in [-0.25, -0.2) is 9.59 Å². The van der Waals surface area contributed by atoms with Crippen LogP contribution in [0.3, 0.4) is 0 Å². The Morgan fingerprint density at radius 2 is 1.78 bits per heavy atom. The predicted molar refractivity (Wildman–Crippen MR) is 81.5 cm³/mol. The molecule has 0 fully saturated rings. The molecule has 0 radical (unpaired) electrons. The number of carboxylic acids is 1. The highest BCUT2D eigenvalue weighted by Crippen LogP contribution is 2.04. The van der Waals surface area contributed by atoms with Crippen LogP contribution in [0.4, 0.5) is 10.5 Å². The molecule has 9 nitrogen and oxygen atoms in total. The van der Waals surface area contributed by atoms with Crippen LogP contribution in [-0.2, 0) is 14.4 Å². The molecule has 0 unspecified atom stereocenters. The van der Waals surface area contributed by atoms with Crippen molar-refractivity contribution in [2.45, 2.75) is 18.9 Å². The van der Waals surface area contributed by atoms with Crippen molar-refractivity contribution in [3.63, 3.8) is 0 Å². The van der Waals surface area contributed by atoms with E-state index in [2.05, 4.69) is 16.0 Å². The number of carbonyl (C=O) groups excluding carboxylic acids is 3. The lowest BCUT2D eigenvalue weighted by atomic mass is 10.1. The summed E-state index contributed by atoms with van der Waals surface area (Å²) < 4.78 is 0. The minimum absolute atomic E-state index is 0.118. The maximum atomic E-state index is 11.6. The van der Waals surface area contributed by atoms with Crippen molar-refractivity contribution in [2.24, 2.45) is 5.73 Å². The van der Waals surface area contributed by atoms with Crippen molar-refractivity contribution >= 4 is 29.5 Å². The molecule has 0 saturated carbocycles. The van der Waals surface area contributed by atoms with E-state index < -0.39 is 36.4 Å². The van der Waals surface area contributed by atoms with Crippen LogP contribution >= 0.6 is 0 Å². The number of primary amides is 1. The number of para-hydroxylation sites is 1. The summed E-state index contributed by atoms with van der Waals surface area (Å²) >= 11 is 0. The number of hydrogen-bond donors (Lipinski definition) is 5. The Hall–Kier alpha value is -3.10. The Balaban J connectivity index is 2.38. The number of nitrogens with one attached hydrogen (secondary N) is 3. The first-order chi connectivity index (χ1) is 10.9. The number of hydrogen-bond acceptors (Lipinski definition) is 4. The summed E-state index contributed by atoms with van der Waals surface area (Å²) in [5.74, 6) is -2.63. The number of anilines is 1. The second-order valence-electron chi connectivity index (χ2n) is 4.64. The van der Waals surface area contributed by atoms with Gasteiger partial charge in [0.25, 0.3) is 0 Å². The average molecular weight is 322 g/mol. The summed E-state index contributed by atoms with van der Waals surface area (Å²) in [6, 6.07) is 6.75. The zero-order valence-corrected chi connectivity index (χ0v) is 12.2. The van der Waals surface area contributed by atoms with Crippen molar-refractivity contribution in [2.75, 3.05) is 11.9 Å².